The number of aryl methyl sites for hydroxylation is 1. The number of amides is 1. The van der Waals surface area contributed by atoms with Crippen LogP contribution >= 0.6 is 22.6 Å². The number of H-pyrrole nitrogens is 1. The monoisotopic (exact) mass is 359 g/mol. The SMILES string of the molecule is Cc1cc(=O)c(CNC(=O)I)c(-c2cnco2)[nH]1. The molecule has 0 atom stereocenters. The molecule has 6 nitrogen and oxygen atoms in total. The summed E-state index contributed by atoms with van der Waals surface area (Å²) in [6.07, 6.45) is 2.80. The topological polar surface area (TPSA) is 88.0 Å². The van der Waals surface area contributed by atoms with Gasteiger partial charge in [-0.1, -0.05) is 0 Å². The van der Waals surface area contributed by atoms with Gasteiger partial charge in [-0.25, -0.2) is 4.98 Å². The van der Waals surface area contributed by atoms with E-state index in [4.69, 9.17) is 4.42 Å². The van der Waals surface area contributed by atoms with Gasteiger partial charge in [0.05, 0.1) is 11.9 Å². The molecular formula is C11H10IN3O3. The highest BCUT2D eigenvalue weighted by Crippen LogP contribution is 2.19. The fraction of sp³-hybridized carbons (Fsp3) is 0.182. The molecule has 0 saturated heterocycles. The minimum Gasteiger partial charge on any atom is -0.442 e. The molecule has 0 saturated carbocycles. The fourth-order valence-electron chi connectivity index (χ4n) is 1.60. The zero-order valence-electron chi connectivity index (χ0n) is 9.49. The molecule has 2 heterocycles. The molecule has 2 N–H and O–H groups in total. The number of hydrogen-bond donors (Lipinski definition) is 2. The number of carbonyl (C=O) groups excluding carboxylic acids is 1. The van der Waals surface area contributed by atoms with Crippen molar-refractivity contribution < 1.29 is 9.21 Å². The second-order valence-electron chi connectivity index (χ2n) is 3.66. The molecule has 0 aliphatic heterocycles. The van der Waals surface area contributed by atoms with Crippen molar-refractivity contribution in [2.75, 3.05) is 0 Å². The van der Waals surface area contributed by atoms with Gasteiger partial charge in [-0.15, -0.1) is 0 Å². The lowest BCUT2D eigenvalue weighted by Gasteiger charge is -2.08. The van der Waals surface area contributed by atoms with Gasteiger partial charge in [0.25, 0.3) is 3.91 Å². The maximum atomic E-state index is 11.9. The van der Waals surface area contributed by atoms with E-state index in [0.717, 1.165) is 5.69 Å². The van der Waals surface area contributed by atoms with Crippen LogP contribution in [0.4, 0.5) is 4.79 Å². The Kier molecular flexibility index (Phi) is 3.80. The minimum atomic E-state index is -0.226. The summed E-state index contributed by atoms with van der Waals surface area (Å²) in [4.78, 5) is 29.7. The summed E-state index contributed by atoms with van der Waals surface area (Å²) in [6, 6.07) is 1.48. The van der Waals surface area contributed by atoms with Crippen LogP contribution in [0, 0.1) is 6.92 Å². The van der Waals surface area contributed by atoms with E-state index in [1.54, 1.807) is 29.5 Å². The summed E-state index contributed by atoms with van der Waals surface area (Å²) in [5.74, 6) is 0.466. The van der Waals surface area contributed by atoms with Crippen LogP contribution in [0.25, 0.3) is 11.5 Å². The third-order valence-corrected chi connectivity index (χ3v) is 2.73. The summed E-state index contributed by atoms with van der Waals surface area (Å²) < 4.78 is 4.96. The molecule has 1 amide bonds. The van der Waals surface area contributed by atoms with Crippen molar-refractivity contribution in [3.05, 3.63) is 40.1 Å². The quantitative estimate of drug-likeness (QED) is 0.498. The maximum absolute atomic E-state index is 11.9. The van der Waals surface area contributed by atoms with Crippen molar-refractivity contribution in [3.8, 4) is 11.5 Å². The number of hydrogen-bond acceptors (Lipinski definition) is 4. The van der Waals surface area contributed by atoms with Gasteiger partial charge in [0.2, 0.25) is 0 Å². The Bertz CT molecular complexity index is 619. The van der Waals surface area contributed by atoms with Crippen LogP contribution in [0.5, 0.6) is 0 Å². The van der Waals surface area contributed by atoms with Gasteiger partial charge in [0, 0.05) is 46.5 Å². The maximum Gasteiger partial charge on any atom is 0.280 e. The third kappa shape index (κ3) is 2.78. The lowest BCUT2D eigenvalue weighted by molar-refractivity contribution is 0.262. The lowest BCUT2D eigenvalue weighted by atomic mass is 10.1. The van der Waals surface area contributed by atoms with Crippen LogP contribution in [-0.2, 0) is 6.54 Å². The van der Waals surface area contributed by atoms with Crippen molar-refractivity contribution in [1.82, 2.24) is 15.3 Å². The Labute approximate surface area is 116 Å². The summed E-state index contributed by atoms with van der Waals surface area (Å²) >= 11 is 1.61. The lowest BCUT2D eigenvalue weighted by Crippen LogP contribution is -2.22. The Balaban J connectivity index is 2.49. The summed E-state index contributed by atoms with van der Waals surface area (Å²) in [7, 11) is 0. The molecule has 0 aromatic carbocycles. The van der Waals surface area contributed by atoms with Crippen LogP contribution in [-0.4, -0.2) is 13.9 Å². The van der Waals surface area contributed by atoms with Gasteiger partial charge >= 0.3 is 0 Å². The standard InChI is InChI=1S/C11H10IN3O3/c1-6-2-8(16)7(3-14-11(12)17)10(15-6)9-4-13-5-18-9/h2,4-5H,3H2,1H3,(H,14,17)(H,15,16). The second kappa shape index (κ2) is 5.34. The van der Waals surface area contributed by atoms with E-state index in [9.17, 15) is 9.59 Å². The molecule has 18 heavy (non-hydrogen) atoms. The molecule has 0 radical (unpaired) electrons. The Morgan fingerprint density at radius 3 is 3.00 bits per heavy atom. The van der Waals surface area contributed by atoms with Crippen LogP contribution in [0.2, 0.25) is 0 Å². The zero-order valence-corrected chi connectivity index (χ0v) is 11.6. The Hall–Kier alpha value is -1.64. The van der Waals surface area contributed by atoms with E-state index in [0.29, 0.717) is 17.0 Å². The molecule has 0 bridgehead atoms. The van der Waals surface area contributed by atoms with Crippen molar-refractivity contribution in [3.63, 3.8) is 0 Å². The second-order valence-corrected chi connectivity index (χ2v) is 4.64. The molecule has 0 aliphatic rings. The number of oxazole rings is 1. The first-order valence-corrected chi connectivity index (χ1v) is 6.21. The highest BCUT2D eigenvalue weighted by atomic mass is 127. The van der Waals surface area contributed by atoms with Gasteiger partial charge in [-0.2, -0.15) is 0 Å². The molecule has 2 aromatic heterocycles. The van der Waals surface area contributed by atoms with Crippen LogP contribution in [0.3, 0.4) is 0 Å². The zero-order chi connectivity index (χ0) is 13.1. The van der Waals surface area contributed by atoms with E-state index >= 15 is 0 Å². The number of aromatic amines is 1. The molecular weight excluding hydrogens is 349 g/mol. The molecule has 0 fully saturated rings. The number of aromatic nitrogens is 2. The molecule has 0 unspecified atom stereocenters. The predicted molar refractivity (Wildman–Crippen MR) is 73.6 cm³/mol. The van der Waals surface area contributed by atoms with Gasteiger partial charge < -0.3 is 14.7 Å². The highest BCUT2D eigenvalue weighted by Gasteiger charge is 2.13. The van der Waals surface area contributed by atoms with Crippen LogP contribution in [0.1, 0.15) is 11.3 Å². The van der Waals surface area contributed by atoms with E-state index < -0.39 is 0 Å². The molecule has 0 aliphatic carbocycles. The highest BCUT2D eigenvalue weighted by molar-refractivity contribution is 14.1. The molecule has 0 spiro atoms. The first-order valence-electron chi connectivity index (χ1n) is 5.13. The van der Waals surface area contributed by atoms with Crippen LogP contribution in [0.15, 0.2) is 27.9 Å². The average molecular weight is 359 g/mol. The summed E-state index contributed by atoms with van der Waals surface area (Å²) in [5, 5.41) is 2.59. The fourth-order valence-corrected chi connectivity index (χ4v) is 1.79. The number of carbonyl (C=O) groups is 1. The van der Waals surface area contributed by atoms with E-state index in [2.05, 4.69) is 15.3 Å². The van der Waals surface area contributed by atoms with Gasteiger partial charge in [0.15, 0.2) is 17.6 Å². The molecule has 94 valence electrons. The van der Waals surface area contributed by atoms with Gasteiger partial charge in [0.1, 0.15) is 0 Å². The van der Waals surface area contributed by atoms with Gasteiger partial charge in [-0.05, 0) is 6.92 Å². The number of pyridine rings is 1. The van der Waals surface area contributed by atoms with E-state index in [1.807, 2.05) is 0 Å². The van der Waals surface area contributed by atoms with Crippen molar-refractivity contribution in [2.24, 2.45) is 0 Å². The van der Waals surface area contributed by atoms with E-state index in [1.165, 1.54) is 18.7 Å². The van der Waals surface area contributed by atoms with Crippen molar-refractivity contribution in [1.29, 1.82) is 0 Å². The minimum absolute atomic E-state index is 0.146. The van der Waals surface area contributed by atoms with E-state index in [-0.39, 0.29) is 15.9 Å². The smallest absolute Gasteiger partial charge is 0.280 e. The normalized spacial score (nSPS) is 10.3. The molecule has 2 aromatic rings. The molecule has 7 heteroatoms. The average Bonchev–Trinajstić information content (AvgIpc) is 2.79. The first-order chi connectivity index (χ1) is 8.58. The van der Waals surface area contributed by atoms with Crippen LogP contribution < -0.4 is 10.7 Å². The molecule has 2 rings (SSSR count). The summed E-state index contributed by atoms with van der Waals surface area (Å²) in [5.41, 5.74) is 1.56. The largest absolute Gasteiger partial charge is 0.442 e. The predicted octanol–water partition coefficient (Wildman–Crippen LogP) is 1.98. The summed E-state index contributed by atoms with van der Waals surface area (Å²) in [6.45, 7) is 1.93. The van der Waals surface area contributed by atoms with Gasteiger partial charge in [-0.3, -0.25) is 9.59 Å². The number of nitrogens with zero attached hydrogens (tertiary/aromatic N) is 1. The number of rotatable bonds is 3. The van der Waals surface area contributed by atoms with Crippen molar-refractivity contribution >= 4 is 26.5 Å². The number of nitrogens with one attached hydrogen (secondary N) is 2. The number of halogens is 1. The Morgan fingerprint density at radius 1 is 1.61 bits per heavy atom. The first kappa shape index (κ1) is 12.8. The Morgan fingerprint density at radius 2 is 2.39 bits per heavy atom. The van der Waals surface area contributed by atoms with Crippen molar-refractivity contribution in [2.45, 2.75) is 13.5 Å². The third-order valence-electron chi connectivity index (χ3n) is 2.35.